The van der Waals surface area contributed by atoms with E-state index < -0.39 is 11.6 Å². The fourth-order valence-corrected chi connectivity index (χ4v) is 5.31. The summed E-state index contributed by atoms with van der Waals surface area (Å²) in [4.78, 5) is 12.8. The third-order valence-electron chi connectivity index (χ3n) is 5.59. The lowest BCUT2D eigenvalue weighted by molar-refractivity contribution is 0.607. The van der Waals surface area contributed by atoms with Gasteiger partial charge in [-0.3, -0.25) is 4.79 Å². The molecule has 0 spiro atoms. The number of nitrogen functional groups attached to an aromatic ring is 1. The molecule has 4 aromatic rings. The lowest BCUT2D eigenvalue weighted by atomic mass is 9.90. The van der Waals surface area contributed by atoms with Crippen LogP contribution in [0.4, 0.5) is 14.5 Å². The van der Waals surface area contributed by atoms with E-state index in [2.05, 4.69) is 6.92 Å². The largest absolute Gasteiger partial charge is 0.464 e. The van der Waals surface area contributed by atoms with E-state index in [-0.39, 0.29) is 22.6 Å². The van der Waals surface area contributed by atoms with Crippen LogP contribution in [0.15, 0.2) is 51.9 Å². The Morgan fingerprint density at radius 2 is 1.90 bits per heavy atom. The number of halogens is 2. The summed E-state index contributed by atoms with van der Waals surface area (Å²) in [6.45, 7) is 2.08. The first-order valence-corrected chi connectivity index (χ1v) is 10.4. The van der Waals surface area contributed by atoms with E-state index in [1.54, 1.807) is 30.0 Å². The summed E-state index contributed by atoms with van der Waals surface area (Å²) < 4.78 is 34.6. The molecule has 0 bridgehead atoms. The van der Waals surface area contributed by atoms with Crippen molar-refractivity contribution in [1.82, 2.24) is 0 Å². The van der Waals surface area contributed by atoms with Crippen molar-refractivity contribution in [3.05, 3.63) is 75.6 Å². The topological polar surface area (TPSA) is 56.2 Å². The van der Waals surface area contributed by atoms with E-state index >= 15 is 0 Å². The molecule has 1 unspecified atom stereocenters. The first-order chi connectivity index (χ1) is 14.0. The average molecular weight is 409 g/mol. The number of anilines is 1. The molecule has 146 valence electrons. The van der Waals surface area contributed by atoms with Crippen LogP contribution in [0.25, 0.3) is 32.9 Å². The van der Waals surface area contributed by atoms with Gasteiger partial charge in [0, 0.05) is 28.5 Å². The molecule has 1 aliphatic rings. The summed E-state index contributed by atoms with van der Waals surface area (Å²) in [5, 5.41) is 2.22. The molecule has 0 saturated heterocycles. The van der Waals surface area contributed by atoms with Crippen molar-refractivity contribution in [2.75, 3.05) is 11.5 Å². The number of hydrogen-bond acceptors (Lipinski definition) is 4. The maximum absolute atomic E-state index is 14.7. The van der Waals surface area contributed by atoms with Crippen LogP contribution in [-0.2, 0) is 5.75 Å². The third kappa shape index (κ3) is 2.74. The van der Waals surface area contributed by atoms with Crippen molar-refractivity contribution in [2.24, 2.45) is 0 Å². The summed E-state index contributed by atoms with van der Waals surface area (Å²) in [7, 11) is 0. The Hall–Kier alpha value is -2.86. The standard InChI is InChI=1S/C23H17F2NO2S/c1-11-9-29-10-17-12(16-6-19(25)20(26)8-18(16)24)2-3-14-22(17)15(11)7-21(27)13-4-5-28-23(13)14/h2-8,11H,9-10,26H2,1H3. The van der Waals surface area contributed by atoms with Crippen LogP contribution in [0.2, 0.25) is 0 Å². The molecule has 0 saturated carbocycles. The van der Waals surface area contributed by atoms with Crippen LogP contribution < -0.4 is 11.2 Å². The highest BCUT2D eigenvalue weighted by atomic mass is 32.2. The van der Waals surface area contributed by atoms with E-state index in [0.717, 1.165) is 39.8 Å². The number of hydrogen-bond donors (Lipinski definition) is 1. The molecule has 1 aliphatic heterocycles. The number of furan rings is 1. The highest BCUT2D eigenvalue weighted by Gasteiger charge is 2.24. The summed E-state index contributed by atoms with van der Waals surface area (Å²) in [6, 6.07) is 9.11. The summed E-state index contributed by atoms with van der Waals surface area (Å²) in [5.41, 5.74) is 8.29. The molecule has 29 heavy (non-hydrogen) atoms. The van der Waals surface area contributed by atoms with E-state index in [1.165, 1.54) is 6.26 Å². The van der Waals surface area contributed by atoms with Crippen molar-refractivity contribution in [3.8, 4) is 11.1 Å². The van der Waals surface area contributed by atoms with Crippen LogP contribution in [0.1, 0.15) is 24.0 Å². The second kappa shape index (κ2) is 6.59. The molecule has 1 aromatic heterocycles. The minimum absolute atomic E-state index is 0.101. The molecule has 0 amide bonds. The zero-order chi connectivity index (χ0) is 20.3. The third-order valence-corrected chi connectivity index (χ3v) is 6.81. The monoisotopic (exact) mass is 409 g/mol. The van der Waals surface area contributed by atoms with Crippen molar-refractivity contribution < 1.29 is 13.2 Å². The molecule has 0 fully saturated rings. The van der Waals surface area contributed by atoms with Gasteiger partial charge in [-0.05, 0) is 52.3 Å². The molecule has 1 atom stereocenters. The van der Waals surface area contributed by atoms with E-state index in [4.69, 9.17) is 10.2 Å². The molecule has 3 nitrogen and oxygen atoms in total. The molecular formula is C23H17F2NO2S. The molecule has 3 aromatic carbocycles. The lowest BCUT2D eigenvalue weighted by Crippen LogP contribution is -2.00. The predicted octanol–water partition coefficient (Wildman–Crippen LogP) is 5.82. The van der Waals surface area contributed by atoms with Crippen LogP contribution >= 0.6 is 11.8 Å². The van der Waals surface area contributed by atoms with E-state index in [0.29, 0.717) is 22.3 Å². The van der Waals surface area contributed by atoms with Crippen molar-refractivity contribution >= 4 is 39.2 Å². The zero-order valence-electron chi connectivity index (χ0n) is 15.6. The second-order valence-corrected chi connectivity index (χ2v) is 8.44. The van der Waals surface area contributed by atoms with Gasteiger partial charge in [0.2, 0.25) is 0 Å². The normalized spacial score (nSPS) is 16.3. The van der Waals surface area contributed by atoms with Gasteiger partial charge in [-0.25, -0.2) is 8.78 Å². The Labute approximate surface area is 169 Å². The minimum atomic E-state index is -0.655. The highest BCUT2D eigenvalue weighted by Crippen LogP contribution is 2.42. The molecule has 6 heteroatoms. The SMILES string of the molecule is CC1CSCc2c(-c3cc(F)c(N)cc3F)ccc3c2c1cc(=O)c1ccoc13. The fourth-order valence-electron chi connectivity index (χ4n) is 4.16. The first kappa shape index (κ1) is 18.2. The van der Waals surface area contributed by atoms with Crippen LogP contribution in [0.3, 0.4) is 0 Å². The minimum Gasteiger partial charge on any atom is -0.464 e. The van der Waals surface area contributed by atoms with Gasteiger partial charge in [0.25, 0.3) is 0 Å². The number of benzene rings is 2. The maximum Gasteiger partial charge on any atom is 0.190 e. The van der Waals surface area contributed by atoms with E-state index in [1.807, 2.05) is 6.07 Å². The van der Waals surface area contributed by atoms with Crippen LogP contribution in [0.5, 0.6) is 0 Å². The second-order valence-electron chi connectivity index (χ2n) is 7.41. The van der Waals surface area contributed by atoms with Gasteiger partial charge in [0.1, 0.15) is 17.2 Å². The predicted molar refractivity (Wildman–Crippen MR) is 114 cm³/mol. The van der Waals surface area contributed by atoms with Crippen molar-refractivity contribution in [1.29, 1.82) is 0 Å². The average Bonchev–Trinajstić information content (AvgIpc) is 3.07. The Morgan fingerprint density at radius 3 is 2.72 bits per heavy atom. The Bertz CT molecular complexity index is 1360. The van der Waals surface area contributed by atoms with Crippen molar-refractivity contribution in [2.45, 2.75) is 18.6 Å². The lowest BCUT2D eigenvalue weighted by Gasteiger charge is -2.14. The number of nitrogens with two attached hydrogens (primary N) is 1. The first-order valence-electron chi connectivity index (χ1n) is 9.28. The molecule has 0 aliphatic carbocycles. The van der Waals surface area contributed by atoms with Crippen LogP contribution in [-0.4, -0.2) is 5.75 Å². The van der Waals surface area contributed by atoms with Gasteiger partial charge in [-0.15, -0.1) is 0 Å². The smallest absolute Gasteiger partial charge is 0.190 e. The summed E-state index contributed by atoms with van der Waals surface area (Å²) in [6.07, 6.45) is 1.51. The summed E-state index contributed by atoms with van der Waals surface area (Å²) >= 11 is 1.71. The van der Waals surface area contributed by atoms with Gasteiger partial charge in [-0.2, -0.15) is 11.8 Å². The van der Waals surface area contributed by atoms with Crippen LogP contribution in [0, 0.1) is 11.6 Å². The zero-order valence-corrected chi connectivity index (χ0v) is 16.4. The Morgan fingerprint density at radius 1 is 1.07 bits per heavy atom. The fraction of sp³-hybridized carbons (Fsp3) is 0.174. The molecule has 2 N–H and O–H groups in total. The van der Waals surface area contributed by atoms with Gasteiger partial charge < -0.3 is 10.2 Å². The maximum atomic E-state index is 14.7. The molecule has 0 radical (unpaired) electrons. The summed E-state index contributed by atoms with van der Waals surface area (Å²) in [5.74, 6) is 0.354. The van der Waals surface area contributed by atoms with Gasteiger partial charge in [0.15, 0.2) is 5.43 Å². The van der Waals surface area contributed by atoms with Gasteiger partial charge >= 0.3 is 0 Å². The number of rotatable bonds is 1. The highest BCUT2D eigenvalue weighted by molar-refractivity contribution is 7.98. The van der Waals surface area contributed by atoms with Gasteiger partial charge in [0.05, 0.1) is 17.3 Å². The van der Waals surface area contributed by atoms with Gasteiger partial charge in [-0.1, -0.05) is 13.0 Å². The van der Waals surface area contributed by atoms with E-state index in [9.17, 15) is 13.6 Å². The number of thioether (sulfide) groups is 1. The number of fused-ring (bicyclic) bond motifs is 2. The molecule has 5 rings (SSSR count). The Balaban J connectivity index is 1.98. The van der Waals surface area contributed by atoms with Crippen molar-refractivity contribution in [3.63, 3.8) is 0 Å². The molecular weight excluding hydrogens is 392 g/mol. The quantitative estimate of drug-likeness (QED) is 0.402. The molecule has 2 heterocycles. The Kier molecular flexibility index (Phi) is 4.13.